The number of hydrogen-bond acceptors (Lipinski definition) is 6. The van der Waals surface area contributed by atoms with Gasteiger partial charge in [0.2, 0.25) is 5.89 Å². The zero-order valence-electron chi connectivity index (χ0n) is 13.0. The van der Waals surface area contributed by atoms with Crippen LogP contribution in [0.2, 0.25) is 0 Å². The van der Waals surface area contributed by atoms with Gasteiger partial charge in [0.1, 0.15) is 0 Å². The fourth-order valence-electron chi connectivity index (χ4n) is 2.22. The van der Waals surface area contributed by atoms with E-state index < -0.39 is 0 Å². The molecule has 0 aliphatic rings. The molecule has 1 amide bonds. The topological polar surface area (TPSA) is 90.2 Å². The summed E-state index contributed by atoms with van der Waals surface area (Å²) < 4.78 is 12.4. The number of aromatic nitrogens is 4. The Morgan fingerprint density at radius 2 is 2.26 bits per heavy atom. The smallest absolute Gasteiger partial charge is 0.283 e. The molecule has 120 valence electrons. The van der Waals surface area contributed by atoms with Crippen molar-refractivity contribution in [2.75, 3.05) is 6.54 Å². The zero-order chi connectivity index (χ0) is 16.2. The second kappa shape index (κ2) is 6.47. The first-order chi connectivity index (χ1) is 11.2. The Balaban J connectivity index is 1.76. The summed E-state index contributed by atoms with van der Waals surface area (Å²) in [5, 5.41) is 12.0. The van der Waals surface area contributed by atoms with Gasteiger partial charge in [-0.2, -0.15) is 5.10 Å². The van der Waals surface area contributed by atoms with E-state index in [0.717, 1.165) is 6.42 Å². The molecule has 0 saturated heterocycles. The highest BCUT2D eigenvalue weighted by molar-refractivity contribution is 5.93. The predicted octanol–water partition coefficient (Wildman–Crippen LogP) is 2.12. The Morgan fingerprint density at radius 3 is 2.91 bits per heavy atom. The Hall–Kier alpha value is -2.90. The molecule has 0 aliphatic heterocycles. The Bertz CT molecular complexity index is 775. The first kappa shape index (κ1) is 15.0. The molecule has 3 rings (SSSR count). The van der Waals surface area contributed by atoms with Gasteiger partial charge >= 0.3 is 0 Å². The molecule has 0 N–H and O–H groups in total. The summed E-state index contributed by atoms with van der Waals surface area (Å²) in [7, 11) is 1.77. The molecule has 0 spiro atoms. The van der Waals surface area contributed by atoms with Gasteiger partial charge in [-0.3, -0.25) is 9.48 Å². The van der Waals surface area contributed by atoms with Crippen LogP contribution in [0, 0.1) is 0 Å². The average molecular weight is 315 g/mol. The molecular formula is C15H17N5O3. The largest absolute Gasteiger partial charge is 0.459 e. The van der Waals surface area contributed by atoms with Crippen LogP contribution in [0.4, 0.5) is 0 Å². The van der Waals surface area contributed by atoms with Crippen molar-refractivity contribution < 1.29 is 13.6 Å². The van der Waals surface area contributed by atoms with E-state index in [4.69, 9.17) is 8.83 Å². The van der Waals surface area contributed by atoms with Crippen molar-refractivity contribution in [3.8, 4) is 11.7 Å². The lowest BCUT2D eigenvalue weighted by Crippen LogP contribution is -2.31. The van der Waals surface area contributed by atoms with E-state index in [1.807, 2.05) is 6.92 Å². The molecule has 0 bridgehead atoms. The molecule has 8 heteroatoms. The molecule has 3 aromatic heterocycles. The molecule has 3 heterocycles. The van der Waals surface area contributed by atoms with Crippen LogP contribution in [0.1, 0.15) is 29.6 Å². The number of aryl methyl sites for hydroxylation is 1. The maximum absolute atomic E-state index is 12.6. The predicted molar refractivity (Wildman–Crippen MR) is 80.2 cm³/mol. The van der Waals surface area contributed by atoms with Gasteiger partial charge in [0.25, 0.3) is 11.8 Å². The van der Waals surface area contributed by atoms with E-state index in [0.29, 0.717) is 29.6 Å². The molecule has 8 nitrogen and oxygen atoms in total. The molecule has 3 aromatic rings. The third-order valence-corrected chi connectivity index (χ3v) is 3.26. The Morgan fingerprint density at radius 1 is 1.39 bits per heavy atom. The second-order valence-corrected chi connectivity index (χ2v) is 5.11. The van der Waals surface area contributed by atoms with E-state index in [1.54, 1.807) is 41.2 Å². The van der Waals surface area contributed by atoms with Crippen LogP contribution < -0.4 is 0 Å². The quantitative estimate of drug-likeness (QED) is 0.692. The van der Waals surface area contributed by atoms with Crippen molar-refractivity contribution >= 4 is 5.91 Å². The standard InChI is InChI=1S/C15H17N5O3/c1-3-6-20(15(21)11-8-16-19(2)9-11)10-13-17-18-14(23-13)12-5-4-7-22-12/h4-5,7-9H,3,6,10H2,1-2H3. The summed E-state index contributed by atoms with van der Waals surface area (Å²) in [6, 6.07) is 3.48. The van der Waals surface area contributed by atoms with Crippen molar-refractivity contribution in [1.82, 2.24) is 24.9 Å². The summed E-state index contributed by atoms with van der Waals surface area (Å²) in [6.45, 7) is 2.84. The molecular weight excluding hydrogens is 298 g/mol. The number of amides is 1. The summed E-state index contributed by atoms with van der Waals surface area (Å²) in [6.07, 6.45) is 5.60. The molecule has 0 atom stereocenters. The SMILES string of the molecule is CCCN(Cc1nnc(-c2ccco2)o1)C(=O)c1cnn(C)c1. The summed E-state index contributed by atoms with van der Waals surface area (Å²) >= 11 is 0. The highest BCUT2D eigenvalue weighted by Gasteiger charge is 2.20. The molecule has 0 unspecified atom stereocenters. The third-order valence-electron chi connectivity index (χ3n) is 3.26. The molecule has 0 aromatic carbocycles. The number of carbonyl (C=O) groups excluding carboxylic acids is 1. The molecule has 0 radical (unpaired) electrons. The third kappa shape index (κ3) is 3.31. The Labute approximate surface area is 132 Å². The second-order valence-electron chi connectivity index (χ2n) is 5.11. The summed E-state index contributed by atoms with van der Waals surface area (Å²) in [5.74, 6) is 1.06. The lowest BCUT2D eigenvalue weighted by Gasteiger charge is -2.19. The summed E-state index contributed by atoms with van der Waals surface area (Å²) in [5.41, 5.74) is 0.534. The molecule has 0 saturated carbocycles. The highest BCUT2D eigenvalue weighted by Crippen LogP contribution is 2.19. The van der Waals surface area contributed by atoms with Crippen molar-refractivity contribution in [1.29, 1.82) is 0 Å². The van der Waals surface area contributed by atoms with Gasteiger partial charge in [0.15, 0.2) is 5.76 Å². The first-order valence-electron chi connectivity index (χ1n) is 7.31. The molecule has 23 heavy (non-hydrogen) atoms. The van der Waals surface area contributed by atoms with Crippen molar-refractivity contribution in [2.24, 2.45) is 7.05 Å². The van der Waals surface area contributed by atoms with Gasteiger partial charge in [-0.25, -0.2) is 0 Å². The maximum atomic E-state index is 12.6. The van der Waals surface area contributed by atoms with E-state index >= 15 is 0 Å². The van der Waals surface area contributed by atoms with E-state index in [-0.39, 0.29) is 12.5 Å². The van der Waals surface area contributed by atoms with Gasteiger partial charge < -0.3 is 13.7 Å². The van der Waals surface area contributed by atoms with Crippen LogP contribution in [0.3, 0.4) is 0 Å². The van der Waals surface area contributed by atoms with Crippen LogP contribution in [0.15, 0.2) is 39.6 Å². The fourth-order valence-corrected chi connectivity index (χ4v) is 2.22. The zero-order valence-corrected chi connectivity index (χ0v) is 13.0. The number of rotatable bonds is 6. The lowest BCUT2D eigenvalue weighted by atomic mass is 10.3. The highest BCUT2D eigenvalue weighted by atomic mass is 16.4. The minimum Gasteiger partial charge on any atom is -0.459 e. The van der Waals surface area contributed by atoms with Gasteiger partial charge in [-0.1, -0.05) is 6.92 Å². The number of carbonyl (C=O) groups is 1. The van der Waals surface area contributed by atoms with Gasteiger partial charge in [-0.15, -0.1) is 10.2 Å². The number of hydrogen-bond donors (Lipinski definition) is 0. The Kier molecular flexibility index (Phi) is 4.22. The van der Waals surface area contributed by atoms with Crippen LogP contribution in [-0.2, 0) is 13.6 Å². The van der Waals surface area contributed by atoms with Gasteiger partial charge in [0.05, 0.1) is 24.6 Å². The fraction of sp³-hybridized carbons (Fsp3) is 0.333. The van der Waals surface area contributed by atoms with E-state index in [1.165, 1.54) is 6.26 Å². The van der Waals surface area contributed by atoms with Crippen LogP contribution in [0.5, 0.6) is 0 Å². The average Bonchev–Trinajstić information content (AvgIpc) is 3.27. The van der Waals surface area contributed by atoms with Gasteiger partial charge in [-0.05, 0) is 18.6 Å². The van der Waals surface area contributed by atoms with E-state index in [2.05, 4.69) is 15.3 Å². The van der Waals surface area contributed by atoms with Crippen molar-refractivity contribution in [3.63, 3.8) is 0 Å². The van der Waals surface area contributed by atoms with Crippen molar-refractivity contribution in [2.45, 2.75) is 19.9 Å². The van der Waals surface area contributed by atoms with E-state index in [9.17, 15) is 4.79 Å². The van der Waals surface area contributed by atoms with Crippen LogP contribution >= 0.6 is 0 Å². The monoisotopic (exact) mass is 315 g/mol. The molecule has 0 fully saturated rings. The van der Waals surface area contributed by atoms with Gasteiger partial charge in [0, 0.05) is 19.8 Å². The lowest BCUT2D eigenvalue weighted by molar-refractivity contribution is 0.0728. The molecule has 0 aliphatic carbocycles. The van der Waals surface area contributed by atoms with Crippen LogP contribution in [0.25, 0.3) is 11.7 Å². The maximum Gasteiger partial charge on any atom is 0.283 e. The minimum absolute atomic E-state index is 0.113. The number of nitrogens with zero attached hydrogens (tertiary/aromatic N) is 5. The normalized spacial score (nSPS) is 10.9. The first-order valence-corrected chi connectivity index (χ1v) is 7.31. The minimum atomic E-state index is -0.113. The summed E-state index contributed by atoms with van der Waals surface area (Å²) in [4.78, 5) is 14.2. The number of furan rings is 1. The van der Waals surface area contributed by atoms with Crippen molar-refractivity contribution in [3.05, 3.63) is 42.2 Å². The van der Waals surface area contributed by atoms with Crippen LogP contribution in [-0.4, -0.2) is 37.3 Å².